The molecule has 2 aromatic carbocycles. The molecule has 5 amide bonds. The Balaban J connectivity index is 1.74. The molecule has 4 rings (SSSR count). The molecule has 2 aromatic rings. The minimum Gasteiger partial charge on any atom is -0.463 e. The minimum atomic E-state index is -1.40. The summed E-state index contributed by atoms with van der Waals surface area (Å²) in [7, 11) is 0. The molecule has 0 spiro atoms. The van der Waals surface area contributed by atoms with Gasteiger partial charge in [0.15, 0.2) is 0 Å². The third-order valence-corrected chi connectivity index (χ3v) is 6.14. The van der Waals surface area contributed by atoms with Crippen molar-refractivity contribution in [3.8, 4) is 0 Å². The molecule has 2 aliphatic heterocycles. The van der Waals surface area contributed by atoms with Gasteiger partial charge in [-0.25, -0.2) is 18.8 Å². The minimum absolute atomic E-state index is 0.0792. The van der Waals surface area contributed by atoms with Gasteiger partial charge in [-0.2, -0.15) is 0 Å². The van der Waals surface area contributed by atoms with Crippen LogP contribution in [0.5, 0.6) is 0 Å². The van der Waals surface area contributed by atoms with Gasteiger partial charge in [0.2, 0.25) is 0 Å². The zero-order chi connectivity index (χ0) is 25.2. The van der Waals surface area contributed by atoms with Crippen molar-refractivity contribution >= 4 is 23.9 Å². The van der Waals surface area contributed by atoms with Crippen LogP contribution in [0, 0.1) is 5.82 Å². The number of amides is 5. The van der Waals surface area contributed by atoms with Gasteiger partial charge in [0.05, 0.1) is 30.5 Å². The Hall–Kier alpha value is -4.21. The van der Waals surface area contributed by atoms with Crippen LogP contribution in [0.15, 0.2) is 65.9 Å². The summed E-state index contributed by atoms with van der Waals surface area (Å²) in [5.41, 5.74) is -0.164. The number of nitrogens with one attached hydrogen (secondary N) is 3. The number of imide groups is 1. The highest BCUT2D eigenvalue weighted by atomic mass is 19.1. The van der Waals surface area contributed by atoms with Gasteiger partial charge in [-0.3, -0.25) is 9.69 Å². The maximum atomic E-state index is 13.5. The zero-order valence-corrected chi connectivity index (χ0v) is 19.3. The van der Waals surface area contributed by atoms with E-state index >= 15 is 0 Å². The molecule has 10 heteroatoms. The SMILES string of the molecule is CCOC(=O)C1=C(CN2C(=O)NC(CC)(c3ccc(F)cc3)C2=O)NC(=O)NC1c1ccccc1. The van der Waals surface area contributed by atoms with Crippen LogP contribution in [0.1, 0.15) is 37.4 Å². The van der Waals surface area contributed by atoms with Gasteiger partial charge in [-0.15, -0.1) is 0 Å². The maximum absolute atomic E-state index is 13.5. The number of rotatable bonds is 7. The highest BCUT2D eigenvalue weighted by Gasteiger charge is 2.52. The number of nitrogens with zero attached hydrogens (tertiary/aromatic N) is 1. The van der Waals surface area contributed by atoms with Crippen LogP contribution in [-0.2, 0) is 19.9 Å². The molecule has 35 heavy (non-hydrogen) atoms. The molecular formula is C25H25FN4O5. The third-order valence-electron chi connectivity index (χ3n) is 6.14. The Labute approximate surface area is 201 Å². The lowest BCUT2D eigenvalue weighted by Gasteiger charge is -2.31. The largest absolute Gasteiger partial charge is 0.463 e. The second-order valence-electron chi connectivity index (χ2n) is 8.14. The average molecular weight is 480 g/mol. The van der Waals surface area contributed by atoms with Gasteiger partial charge in [-0.05, 0) is 36.6 Å². The van der Waals surface area contributed by atoms with E-state index in [1.54, 1.807) is 44.2 Å². The van der Waals surface area contributed by atoms with E-state index in [4.69, 9.17) is 4.74 Å². The monoisotopic (exact) mass is 480 g/mol. The van der Waals surface area contributed by atoms with Gasteiger partial charge in [0, 0.05) is 0 Å². The van der Waals surface area contributed by atoms with E-state index in [2.05, 4.69) is 16.0 Å². The zero-order valence-electron chi connectivity index (χ0n) is 19.3. The molecule has 2 atom stereocenters. The second-order valence-corrected chi connectivity index (χ2v) is 8.14. The van der Waals surface area contributed by atoms with E-state index in [0.29, 0.717) is 11.1 Å². The molecule has 3 N–H and O–H groups in total. The number of esters is 1. The van der Waals surface area contributed by atoms with Crippen molar-refractivity contribution in [3.05, 3.63) is 82.8 Å². The number of carbonyl (C=O) groups excluding carboxylic acids is 4. The van der Waals surface area contributed by atoms with Crippen molar-refractivity contribution in [1.29, 1.82) is 0 Å². The van der Waals surface area contributed by atoms with Crippen LogP contribution in [0.25, 0.3) is 0 Å². The Morgan fingerprint density at radius 2 is 1.74 bits per heavy atom. The van der Waals surface area contributed by atoms with Gasteiger partial charge in [0.25, 0.3) is 5.91 Å². The number of benzene rings is 2. The molecule has 0 radical (unpaired) electrons. The lowest BCUT2D eigenvalue weighted by atomic mass is 9.87. The third kappa shape index (κ3) is 4.34. The first-order valence-corrected chi connectivity index (χ1v) is 11.2. The Morgan fingerprint density at radius 3 is 2.37 bits per heavy atom. The van der Waals surface area contributed by atoms with Gasteiger partial charge >= 0.3 is 18.0 Å². The van der Waals surface area contributed by atoms with Crippen molar-refractivity contribution in [3.63, 3.8) is 0 Å². The fraction of sp³-hybridized carbons (Fsp3) is 0.280. The highest BCUT2D eigenvalue weighted by Crippen LogP contribution is 2.34. The van der Waals surface area contributed by atoms with Crippen molar-refractivity contribution < 1.29 is 28.3 Å². The van der Waals surface area contributed by atoms with E-state index in [0.717, 1.165) is 4.90 Å². The number of carbonyl (C=O) groups is 4. The Morgan fingerprint density at radius 1 is 1.06 bits per heavy atom. The van der Waals surface area contributed by atoms with Crippen molar-refractivity contribution in [2.24, 2.45) is 0 Å². The number of hydrogen-bond donors (Lipinski definition) is 3. The predicted molar refractivity (Wildman–Crippen MR) is 123 cm³/mol. The van der Waals surface area contributed by atoms with Gasteiger partial charge < -0.3 is 20.7 Å². The van der Waals surface area contributed by atoms with E-state index in [1.807, 2.05) is 0 Å². The number of halogens is 1. The Kier molecular flexibility index (Phi) is 6.54. The first-order valence-electron chi connectivity index (χ1n) is 11.2. The highest BCUT2D eigenvalue weighted by molar-refractivity contribution is 6.08. The molecular weight excluding hydrogens is 455 g/mol. The van der Waals surface area contributed by atoms with Crippen LogP contribution in [0.2, 0.25) is 0 Å². The summed E-state index contributed by atoms with van der Waals surface area (Å²) in [6.07, 6.45) is 0.212. The summed E-state index contributed by atoms with van der Waals surface area (Å²) in [4.78, 5) is 52.9. The molecule has 0 aliphatic carbocycles. The summed E-state index contributed by atoms with van der Waals surface area (Å²) in [5.74, 6) is -1.73. The Bertz CT molecular complexity index is 1200. The second kappa shape index (κ2) is 9.57. The quantitative estimate of drug-likeness (QED) is 0.416. The number of hydrogen-bond acceptors (Lipinski definition) is 5. The van der Waals surface area contributed by atoms with Crippen LogP contribution in [0.4, 0.5) is 14.0 Å². The molecule has 9 nitrogen and oxygen atoms in total. The topological polar surface area (TPSA) is 117 Å². The molecule has 2 unspecified atom stereocenters. The lowest BCUT2D eigenvalue weighted by Crippen LogP contribution is -2.49. The molecule has 1 saturated heterocycles. The normalized spacial score (nSPS) is 22.0. The van der Waals surface area contributed by atoms with Crippen molar-refractivity contribution in [1.82, 2.24) is 20.9 Å². The van der Waals surface area contributed by atoms with Gasteiger partial charge in [0.1, 0.15) is 11.4 Å². The molecule has 0 saturated carbocycles. The van der Waals surface area contributed by atoms with E-state index in [1.165, 1.54) is 24.3 Å². The van der Waals surface area contributed by atoms with E-state index in [9.17, 15) is 23.6 Å². The standard InChI is InChI=1S/C25H25FN4O5/c1-3-25(16-10-12-17(26)13-11-16)22(32)30(24(34)29-25)14-18-19(21(31)35-4-2)20(28-23(33)27-18)15-8-6-5-7-9-15/h5-13,20H,3-4,14H2,1-2H3,(H,29,34)(H2,27,28,33). The molecule has 0 bridgehead atoms. The van der Waals surface area contributed by atoms with Crippen molar-refractivity contribution in [2.75, 3.05) is 13.2 Å². The summed E-state index contributed by atoms with van der Waals surface area (Å²) < 4.78 is 18.7. The average Bonchev–Trinajstić information content (AvgIpc) is 3.10. The molecule has 2 heterocycles. The summed E-state index contributed by atoms with van der Waals surface area (Å²) in [6, 6.07) is 12.0. The fourth-order valence-electron chi connectivity index (χ4n) is 4.39. The number of urea groups is 2. The van der Waals surface area contributed by atoms with E-state index < -0.39 is 41.3 Å². The summed E-state index contributed by atoms with van der Waals surface area (Å²) >= 11 is 0. The summed E-state index contributed by atoms with van der Waals surface area (Å²) in [6.45, 7) is 3.11. The number of ether oxygens (including phenoxy) is 1. The molecule has 2 aliphatic rings. The van der Waals surface area contributed by atoms with E-state index in [-0.39, 0.29) is 30.8 Å². The first kappa shape index (κ1) is 23.9. The first-order chi connectivity index (χ1) is 16.8. The van der Waals surface area contributed by atoms with Crippen LogP contribution >= 0.6 is 0 Å². The maximum Gasteiger partial charge on any atom is 0.338 e. The lowest BCUT2D eigenvalue weighted by molar-refractivity contribution is -0.139. The van der Waals surface area contributed by atoms with Crippen molar-refractivity contribution in [2.45, 2.75) is 31.8 Å². The smallest absolute Gasteiger partial charge is 0.338 e. The fourth-order valence-corrected chi connectivity index (χ4v) is 4.39. The molecule has 182 valence electrons. The van der Waals surface area contributed by atoms with Crippen LogP contribution in [-0.4, -0.2) is 42.0 Å². The summed E-state index contributed by atoms with van der Waals surface area (Å²) in [5, 5.41) is 7.99. The molecule has 1 fully saturated rings. The van der Waals surface area contributed by atoms with Crippen LogP contribution < -0.4 is 16.0 Å². The predicted octanol–water partition coefficient (Wildman–Crippen LogP) is 2.85. The van der Waals surface area contributed by atoms with Crippen LogP contribution in [0.3, 0.4) is 0 Å². The van der Waals surface area contributed by atoms with Gasteiger partial charge in [-0.1, -0.05) is 49.4 Å². The molecule has 0 aromatic heterocycles.